The number of benzene rings is 1. The maximum absolute atomic E-state index is 12.4. The maximum atomic E-state index is 12.4. The number of ether oxygens (including phenoxy) is 1. The molecular formula is C44H44N5O3+. The summed E-state index contributed by atoms with van der Waals surface area (Å²) in [4.78, 5) is 28.0. The molecular weight excluding hydrogens is 647 g/mol. The largest absolute Gasteiger partial charge is 0.511 e. The first-order valence-electron chi connectivity index (χ1n) is 18.2. The molecule has 8 bridgehead atoms. The molecule has 5 aliphatic heterocycles. The molecule has 2 atom stereocenters. The lowest BCUT2D eigenvalue weighted by molar-refractivity contribution is -0.646. The number of para-hydroxylation sites is 1. The van der Waals surface area contributed by atoms with Gasteiger partial charge in [-0.15, -0.1) is 0 Å². The summed E-state index contributed by atoms with van der Waals surface area (Å²) in [6, 6.07) is 12.7. The van der Waals surface area contributed by atoms with Crippen LogP contribution in [0.4, 0.5) is 0 Å². The van der Waals surface area contributed by atoms with Crippen molar-refractivity contribution in [3.05, 3.63) is 140 Å². The average Bonchev–Trinajstić information content (AvgIpc) is 3.89. The van der Waals surface area contributed by atoms with Crippen LogP contribution in [0.15, 0.2) is 149 Å². The van der Waals surface area contributed by atoms with Crippen molar-refractivity contribution in [1.29, 1.82) is 0 Å². The second-order valence-corrected chi connectivity index (χ2v) is 14.4. The first-order chi connectivity index (χ1) is 25.1. The van der Waals surface area contributed by atoms with Crippen molar-refractivity contribution >= 4 is 40.1 Å². The van der Waals surface area contributed by atoms with Gasteiger partial charge in [0, 0.05) is 76.4 Å². The Morgan fingerprint density at radius 3 is 2.54 bits per heavy atom. The Labute approximate surface area is 304 Å². The molecule has 1 aromatic carbocycles. The van der Waals surface area contributed by atoms with E-state index in [0.29, 0.717) is 25.0 Å². The Bertz CT molecular complexity index is 2400. The normalized spacial score (nSPS) is 22.4. The van der Waals surface area contributed by atoms with E-state index in [0.717, 1.165) is 91.2 Å². The van der Waals surface area contributed by atoms with Gasteiger partial charge in [0.2, 0.25) is 11.2 Å². The Hall–Kier alpha value is -5.63. The van der Waals surface area contributed by atoms with E-state index in [-0.39, 0.29) is 17.8 Å². The van der Waals surface area contributed by atoms with E-state index in [1.165, 1.54) is 23.6 Å². The summed E-state index contributed by atoms with van der Waals surface area (Å²) in [5, 5.41) is 16.3. The third-order valence-corrected chi connectivity index (χ3v) is 11.5. The van der Waals surface area contributed by atoms with Crippen LogP contribution >= 0.6 is 0 Å². The van der Waals surface area contributed by atoms with E-state index in [2.05, 4.69) is 111 Å². The van der Waals surface area contributed by atoms with E-state index in [4.69, 9.17) is 19.7 Å². The summed E-state index contributed by atoms with van der Waals surface area (Å²) in [5.74, 6) is 0.152. The van der Waals surface area contributed by atoms with Gasteiger partial charge in [-0.2, -0.15) is 4.57 Å². The van der Waals surface area contributed by atoms with Gasteiger partial charge in [0.1, 0.15) is 12.8 Å². The van der Waals surface area contributed by atoms with Crippen molar-refractivity contribution in [3.63, 3.8) is 0 Å². The van der Waals surface area contributed by atoms with Crippen molar-refractivity contribution in [2.24, 2.45) is 33.9 Å². The standard InChI is InChI=1S/C44H43N5O3/c1-8-29-23(2)34-21-38-30(16-15-28-14-13-27-11-9-10-12-39(27)49(28)6)24(3)33(46-38)20-35-25(4)31(17-18-41(51)52-7)43(47-35)32-19-40(50)42-26(5)36(48-44(32)42)22-37(29)45-34/h9-16,20-22,25,31H,8,17-19H2,1-7H3,(H,45,46,47,48)/p+1/t25-,31-/m0/s1. The number of hydrogen-bond acceptors (Lipinski definition) is 7. The van der Waals surface area contributed by atoms with Crippen LogP contribution in [0.3, 0.4) is 0 Å². The number of nitrogens with one attached hydrogen (secondary N) is 1. The predicted octanol–water partition coefficient (Wildman–Crippen LogP) is 8.30. The summed E-state index contributed by atoms with van der Waals surface area (Å²) in [6.45, 7) is 10.7. The molecule has 1 aliphatic carbocycles. The topological polar surface area (TPSA) is 99.5 Å². The average molecular weight is 691 g/mol. The number of allylic oxidation sites excluding steroid dienone is 12. The maximum Gasteiger partial charge on any atom is 0.305 e. The van der Waals surface area contributed by atoms with Gasteiger partial charge in [0.25, 0.3) is 0 Å². The molecule has 262 valence electrons. The van der Waals surface area contributed by atoms with Crippen LogP contribution in [0, 0.1) is 11.8 Å². The van der Waals surface area contributed by atoms with Gasteiger partial charge in [0.05, 0.1) is 41.3 Å². The smallest absolute Gasteiger partial charge is 0.305 e. The van der Waals surface area contributed by atoms with Crippen molar-refractivity contribution in [3.8, 4) is 0 Å². The van der Waals surface area contributed by atoms with Gasteiger partial charge in [0.15, 0.2) is 0 Å². The van der Waals surface area contributed by atoms with E-state index < -0.39 is 0 Å². The minimum absolute atomic E-state index is 0.000936. The first kappa shape index (κ1) is 33.5. The highest BCUT2D eigenvalue weighted by Gasteiger charge is 2.41. The Morgan fingerprint density at radius 2 is 1.75 bits per heavy atom. The number of methoxy groups -OCH3 is 1. The first-order valence-corrected chi connectivity index (χ1v) is 18.2. The zero-order valence-electron chi connectivity index (χ0n) is 30.9. The highest BCUT2D eigenvalue weighted by Crippen LogP contribution is 2.46. The minimum atomic E-state index is -0.235. The zero-order chi connectivity index (χ0) is 36.4. The van der Waals surface area contributed by atoms with E-state index in [1.807, 2.05) is 6.92 Å². The highest BCUT2D eigenvalue weighted by atomic mass is 16.5. The molecule has 8 heteroatoms. The number of carbonyl (C=O) groups is 1. The molecule has 8 nitrogen and oxygen atoms in total. The molecule has 0 saturated carbocycles. The van der Waals surface area contributed by atoms with Gasteiger partial charge in [-0.1, -0.05) is 26.0 Å². The summed E-state index contributed by atoms with van der Waals surface area (Å²) < 4.78 is 7.26. The Kier molecular flexibility index (Phi) is 8.28. The molecule has 1 aromatic heterocycles. The Morgan fingerprint density at radius 1 is 0.981 bits per heavy atom. The molecule has 0 spiro atoms. The van der Waals surface area contributed by atoms with Gasteiger partial charge >= 0.3 is 5.97 Å². The number of fused-ring (bicyclic) bond motifs is 6. The van der Waals surface area contributed by atoms with E-state index >= 15 is 0 Å². The van der Waals surface area contributed by atoms with Crippen LogP contribution in [0.25, 0.3) is 17.0 Å². The number of pyridine rings is 1. The summed E-state index contributed by atoms with van der Waals surface area (Å²) in [6.07, 6.45) is 12.8. The fourth-order valence-corrected chi connectivity index (χ4v) is 8.41. The van der Waals surface area contributed by atoms with Crippen LogP contribution in [-0.4, -0.2) is 35.3 Å². The van der Waals surface area contributed by atoms with Crippen LogP contribution in [0.5, 0.6) is 0 Å². The number of aryl methyl sites for hydroxylation is 1. The number of carbonyl (C=O) groups excluding carboxylic acids is 1. The fourth-order valence-electron chi connectivity index (χ4n) is 8.41. The van der Waals surface area contributed by atoms with Crippen molar-refractivity contribution < 1.29 is 19.2 Å². The van der Waals surface area contributed by atoms with Gasteiger partial charge < -0.3 is 15.2 Å². The molecule has 52 heavy (non-hydrogen) atoms. The molecule has 2 aromatic rings. The van der Waals surface area contributed by atoms with Gasteiger partial charge in [-0.3, -0.25) is 4.79 Å². The molecule has 0 radical (unpaired) electrons. The minimum Gasteiger partial charge on any atom is -0.511 e. The summed E-state index contributed by atoms with van der Waals surface area (Å²) in [7, 11) is 3.53. The number of esters is 1. The zero-order valence-corrected chi connectivity index (χ0v) is 30.9. The van der Waals surface area contributed by atoms with Gasteiger partial charge in [-0.05, 0) is 92.3 Å². The SMILES string of the molecule is CCC1=C(C)C2=NC1=CC1=C(C)C3=C(O)CC(=C4NC(=CC5=NC(=C2)C(/C=C/c2ccc6ccccc6[n+]2C)=C5C)[C@@H](C)[C@@H]4CCC(=O)OC)C3=N1. The fraction of sp³-hybridized carbons (Fsp3) is 0.295. The number of rotatable bonds is 6. The molecule has 6 heterocycles. The lowest BCUT2D eigenvalue weighted by atomic mass is 9.86. The molecule has 2 N–H and O–H groups in total. The number of nitrogens with zero attached hydrogens (tertiary/aromatic N) is 4. The highest BCUT2D eigenvalue weighted by molar-refractivity contribution is 6.21. The number of aliphatic hydroxyl groups excluding tert-OH is 1. The summed E-state index contributed by atoms with van der Waals surface area (Å²) >= 11 is 0. The van der Waals surface area contributed by atoms with Crippen molar-refractivity contribution in [1.82, 2.24) is 5.32 Å². The summed E-state index contributed by atoms with van der Waals surface area (Å²) in [5.41, 5.74) is 16.6. The molecule has 6 aliphatic rings. The molecule has 1 saturated heterocycles. The molecule has 0 amide bonds. The monoisotopic (exact) mass is 690 g/mol. The van der Waals surface area contributed by atoms with Gasteiger partial charge in [-0.25, -0.2) is 15.0 Å². The van der Waals surface area contributed by atoms with Crippen molar-refractivity contribution in [2.45, 2.75) is 60.3 Å². The van der Waals surface area contributed by atoms with Crippen LogP contribution in [-0.2, 0) is 16.6 Å². The van der Waals surface area contributed by atoms with E-state index in [9.17, 15) is 9.90 Å². The third-order valence-electron chi connectivity index (χ3n) is 11.5. The van der Waals surface area contributed by atoms with Crippen LogP contribution in [0.2, 0.25) is 0 Å². The van der Waals surface area contributed by atoms with Crippen LogP contribution in [0.1, 0.15) is 66.0 Å². The predicted molar refractivity (Wildman–Crippen MR) is 207 cm³/mol. The molecule has 1 fully saturated rings. The third kappa shape index (κ3) is 5.40. The lowest BCUT2D eigenvalue weighted by Gasteiger charge is -2.17. The number of hydrogen-bond donors (Lipinski definition) is 2. The molecule has 0 unspecified atom stereocenters. The second kappa shape index (κ2) is 12.9. The molecule has 8 rings (SSSR count). The Balaban J connectivity index is 1.31. The second-order valence-electron chi connectivity index (χ2n) is 14.4. The van der Waals surface area contributed by atoms with Crippen molar-refractivity contribution in [2.75, 3.05) is 7.11 Å². The van der Waals surface area contributed by atoms with Crippen LogP contribution < -0.4 is 9.88 Å². The number of aliphatic hydroxyl groups is 1. The van der Waals surface area contributed by atoms with E-state index in [1.54, 1.807) is 0 Å². The number of aromatic nitrogens is 1. The lowest BCUT2D eigenvalue weighted by Crippen LogP contribution is -2.32. The number of aliphatic imine (C=N–C) groups is 3. The quantitative estimate of drug-likeness (QED) is 0.235.